The summed E-state index contributed by atoms with van der Waals surface area (Å²) in [7, 11) is 1.61. The van der Waals surface area contributed by atoms with Gasteiger partial charge in [0, 0.05) is 18.4 Å². The second-order valence-corrected chi connectivity index (χ2v) is 6.35. The molecule has 27 heavy (non-hydrogen) atoms. The van der Waals surface area contributed by atoms with Gasteiger partial charge in [0.15, 0.2) is 6.61 Å². The first-order valence-electron chi connectivity index (χ1n) is 8.52. The molecule has 0 unspecified atom stereocenters. The zero-order valence-electron chi connectivity index (χ0n) is 14.9. The number of rotatable bonds is 7. The summed E-state index contributed by atoms with van der Waals surface area (Å²) in [5, 5.41) is 3.30. The lowest BCUT2D eigenvalue weighted by Crippen LogP contribution is -2.21. The van der Waals surface area contributed by atoms with Crippen LogP contribution >= 0.6 is 11.6 Å². The van der Waals surface area contributed by atoms with E-state index in [4.69, 9.17) is 21.1 Å². The maximum atomic E-state index is 12.2. The number of nitrogens with one attached hydrogen (secondary N) is 1. The van der Waals surface area contributed by atoms with Crippen LogP contribution in [0.1, 0.15) is 5.56 Å². The average molecular weight is 382 g/mol. The van der Waals surface area contributed by atoms with Crippen LogP contribution in [0, 0.1) is 0 Å². The molecule has 3 aromatic carbocycles. The largest absolute Gasteiger partial charge is 0.482 e. The van der Waals surface area contributed by atoms with Crippen molar-refractivity contribution >= 4 is 23.2 Å². The number of anilines is 1. The highest BCUT2D eigenvalue weighted by molar-refractivity contribution is 6.32. The molecule has 0 atom stereocenters. The van der Waals surface area contributed by atoms with Crippen LogP contribution < -0.4 is 10.1 Å². The molecular weight excluding hydrogens is 362 g/mol. The van der Waals surface area contributed by atoms with E-state index >= 15 is 0 Å². The first kappa shape index (κ1) is 19.0. The number of benzene rings is 3. The van der Waals surface area contributed by atoms with E-state index in [-0.39, 0.29) is 12.5 Å². The Hall–Kier alpha value is -2.82. The SMILES string of the molecule is COCc1ccccc1NC(=O)COc1ccc(-c2ccccc2)cc1Cl. The highest BCUT2D eigenvalue weighted by Gasteiger charge is 2.10. The molecule has 3 rings (SSSR count). The summed E-state index contributed by atoms with van der Waals surface area (Å²) in [6.07, 6.45) is 0. The Morgan fingerprint density at radius 1 is 0.963 bits per heavy atom. The molecule has 0 aromatic heterocycles. The Morgan fingerprint density at radius 3 is 2.44 bits per heavy atom. The minimum atomic E-state index is -0.262. The minimum Gasteiger partial charge on any atom is -0.482 e. The monoisotopic (exact) mass is 381 g/mol. The van der Waals surface area contributed by atoms with Crippen LogP contribution in [0.5, 0.6) is 5.75 Å². The van der Waals surface area contributed by atoms with Gasteiger partial charge in [-0.25, -0.2) is 0 Å². The van der Waals surface area contributed by atoms with Crippen LogP contribution in [0.3, 0.4) is 0 Å². The van der Waals surface area contributed by atoms with Crippen LogP contribution in [0.15, 0.2) is 72.8 Å². The zero-order chi connectivity index (χ0) is 19.1. The number of hydrogen-bond donors (Lipinski definition) is 1. The highest BCUT2D eigenvalue weighted by Crippen LogP contribution is 2.30. The Balaban J connectivity index is 1.62. The number of carbonyl (C=O) groups is 1. The molecule has 0 saturated heterocycles. The van der Waals surface area contributed by atoms with Gasteiger partial charge in [-0.3, -0.25) is 4.79 Å². The zero-order valence-corrected chi connectivity index (χ0v) is 15.7. The standard InChI is InChI=1S/C22H20ClNO3/c1-26-14-18-9-5-6-10-20(18)24-22(25)15-27-21-12-11-17(13-19(21)23)16-7-3-2-4-8-16/h2-13H,14-15H2,1H3,(H,24,25). The van der Waals surface area contributed by atoms with Gasteiger partial charge in [-0.1, -0.05) is 66.2 Å². The van der Waals surface area contributed by atoms with Gasteiger partial charge in [-0.05, 0) is 29.3 Å². The van der Waals surface area contributed by atoms with E-state index in [0.29, 0.717) is 23.1 Å². The second-order valence-electron chi connectivity index (χ2n) is 5.94. The molecule has 0 aliphatic carbocycles. The molecule has 1 amide bonds. The molecule has 5 heteroatoms. The number of methoxy groups -OCH3 is 1. The van der Waals surface area contributed by atoms with Crippen molar-refractivity contribution in [3.8, 4) is 16.9 Å². The van der Waals surface area contributed by atoms with Crippen LogP contribution in [-0.2, 0) is 16.1 Å². The van der Waals surface area contributed by atoms with Crippen LogP contribution in [-0.4, -0.2) is 19.6 Å². The van der Waals surface area contributed by atoms with E-state index in [2.05, 4.69) is 5.32 Å². The van der Waals surface area contributed by atoms with Gasteiger partial charge >= 0.3 is 0 Å². The second kappa shape index (κ2) is 9.21. The predicted molar refractivity (Wildman–Crippen MR) is 108 cm³/mol. The van der Waals surface area contributed by atoms with E-state index in [9.17, 15) is 4.79 Å². The molecule has 0 aliphatic heterocycles. The number of carbonyl (C=O) groups excluding carboxylic acids is 1. The first-order chi connectivity index (χ1) is 13.2. The third-order valence-electron chi connectivity index (χ3n) is 3.99. The lowest BCUT2D eigenvalue weighted by Gasteiger charge is -2.12. The third kappa shape index (κ3) is 5.09. The Morgan fingerprint density at radius 2 is 1.70 bits per heavy atom. The van der Waals surface area contributed by atoms with Gasteiger partial charge in [-0.15, -0.1) is 0 Å². The molecule has 0 fully saturated rings. The molecule has 0 aliphatic rings. The van der Waals surface area contributed by atoms with Crippen molar-refractivity contribution in [1.82, 2.24) is 0 Å². The van der Waals surface area contributed by atoms with Crippen LogP contribution in [0.2, 0.25) is 5.02 Å². The molecule has 0 bridgehead atoms. The molecule has 3 aromatic rings. The molecule has 4 nitrogen and oxygen atoms in total. The highest BCUT2D eigenvalue weighted by atomic mass is 35.5. The molecule has 138 valence electrons. The fraction of sp³-hybridized carbons (Fsp3) is 0.136. The number of halogens is 1. The number of para-hydroxylation sites is 1. The van der Waals surface area contributed by atoms with Crippen molar-refractivity contribution in [2.45, 2.75) is 6.61 Å². The van der Waals surface area contributed by atoms with Gasteiger partial charge in [0.05, 0.1) is 11.6 Å². The van der Waals surface area contributed by atoms with Crippen molar-refractivity contribution < 1.29 is 14.3 Å². The Labute approximate surface area is 163 Å². The maximum Gasteiger partial charge on any atom is 0.262 e. The van der Waals surface area contributed by atoms with E-state index in [0.717, 1.165) is 16.7 Å². The fourth-order valence-electron chi connectivity index (χ4n) is 2.68. The lowest BCUT2D eigenvalue weighted by molar-refractivity contribution is -0.118. The van der Waals surface area contributed by atoms with Gasteiger partial charge in [0.2, 0.25) is 0 Å². The summed E-state index contributed by atoms with van der Waals surface area (Å²) >= 11 is 6.32. The fourth-order valence-corrected chi connectivity index (χ4v) is 2.92. The van der Waals surface area contributed by atoms with Crippen LogP contribution in [0.4, 0.5) is 5.69 Å². The predicted octanol–water partition coefficient (Wildman–Crippen LogP) is 5.17. The van der Waals surface area contributed by atoms with Gasteiger partial charge in [-0.2, -0.15) is 0 Å². The van der Waals surface area contributed by atoms with Crippen molar-refractivity contribution in [3.05, 3.63) is 83.4 Å². The lowest BCUT2D eigenvalue weighted by atomic mass is 10.1. The summed E-state index contributed by atoms with van der Waals surface area (Å²) in [6, 6.07) is 22.9. The Kier molecular flexibility index (Phi) is 6.47. The maximum absolute atomic E-state index is 12.2. The molecule has 1 N–H and O–H groups in total. The van der Waals surface area contributed by atoms with Gasteiger partial charge < -0.3 is 14.8 Å². The molecular formula is C22H20ClNO3. The summed E-state index contributed by atoms with van der Waals surface area (Å²) < 4.78 is 10.7. The summed E-state index contributed by atoms with van der Waals surface area (Å²) in [4.78, 5) is 12.2. The van der Waals surface area contributed by atoms with Crippen molar-refractivity contribution in [2.24, 2.45) is 0 Å². The van der Waals surface area contributed by atoms with Gasteiger partial charge in [0.25, 0.3) is 5.91 Å². The Bertz CT molecular complexity index is 912. The summed E-state index contributed by atoms with van der Waals surface area (Å²) in [5.41, 5.74) is 3.67. The number of ether oxygens (including phenoxy) is 2. The number of hydrogen-bond acceptors (Lipinski definition) is 3. The van der Waals surface area contributed by atoms with Crippen LogP contribution in [0.25, 0.3) is 11.1 Å². The van der Waals surface area contributed by atoms with Crippen molar-refractivity contribution in [3.63, 3.8) is 0 Å². The quantitative estimate of drug-likeness (QED) is 0.614. The summed E-state index contributed by atoms with van der Waals surface area (Å²) in [5.74, 6) is 0.207. The molecule has 0 saturated carbocycles. The molecule has 0 spiro atoms. The molecule has 0 radical (unpaired) electrons. The first-order valence-corrected chi connectivity index (χ1v) is 8.89. The average Bonchev–Trinajstić information content (AvgIpc) is 2.69. The number of amides is 1. The van der Waals surface area contributed by atoms with Gasteiger partial charge in [0.1, 0.15) is 5.75 Å². The van der Waals surface area contributed by atoms with Crippen molar-refractivity contribution in [1.29, 1.82) is 0 Å². The smallest absolute Gasteiger partial charge is 0.262 e. The summed E-state index contributed by atoms with van der Waals surface area (Å²) in [6.45, 7) is 0.288. The third-order valence-corrected chi connectivity index (χ3v) is 4.28. The van der Waals surface area contributed by atoms with E-state index in [1.807, 2.05) is 66.7 Å². The minimum absolute atomic E-state index is 0.133. The normalized spacial score (nSPS) is 10.4. The van der Waals surface area contributed by atoms with E-state index < -0.39 is 0 Å². The van der Waals surface area contributed by atoms with E-state index in [1.165, 1.54) is 0 Å². The van der Waals surface area contributed by atoms with Crippen molar-refractivity contribution in [2.75, 3.05) is 19.0 Å². The molecule has 0 heterocycles. The topological polar surface area (TPSA) is 47.6 Å². The van der Waals surface area contributed by atoms with E-state index in [1.54, 1.807) is 13.2 Å².